The zero-order valence-corrected chi connectivity index (χ0v) is 13.6. The van der Waals surface area contributed by atoms with Crippen molar-refractivity contribution in [3.8, 4) is 0 Å². The van der Waals surface area contributed by atoms with Crippen LogP contribution in [0.3, 0.4) is 0 Å². The number of aromatic carboxylic acids is 1. The zero-order chi connectivity index (χ0) is 18.7. The molecule has 0 bridgehead atoms. The Bertz CT molecular complexity index is 817. The van der Waals surface area contributed by atoms with Crippen molar-refractivity contribution in [3.63, 3.8) is 0 Å². The molecule has 0 spiro atoms. The van der Waals surface area contributed by atoms with Crippen LogP contribution in [0, 0.1) is 23.3 Å². The first-order valence-electron chi connectivity index (χ1n) is 6.48. The summed E-state index contributed by atoms with van der Waals surface area (Å²) in [5.41, 5.74) is -1.49. The summed E-state index contributed by atoms with van der Waals surface area (Å²) in [6, 6.07) is 5.93. The Morgan fingerprint density at radius 1 is 1.00 bits per heavy atom. The molecule has 10 heteroatoms. The molecule has 2 rings (SSSR count). The SMILES string of the molecule is O=C(CSc1c(F)c(F)c(C(=O)[O-])c(F)c1F)Nc1ccc(Cl)cc1. The maximum Gasteiger partial charge on any atom is 0.234 e. The molecule has 1 N–H and O–H groups in total. The first kappa shape index (κ1) is 19.1. The average Bonchev–Trinajstić information content (AvgIpc) is 2.55. The molecule has 0 heterocycles. The van der Waals surface area contributed by atoms with Gasteiger partial charge in [0, 0.05) is 10.7 Å². The highest BCUT2D eigenvalue weighted by molar-refractivity contribution is 8.00. The van der Waals surface area contributed by atoms with Crippen molar-refractivity contribution in [1.82, 2.24) is 0 Å². The third-order valence-corrected chi connectivity index (χ3v) is 4.21. The quantitative estimate of drug-likeness (QED) is 0.482. The fourth-order valence-electron chi connectivity index (χ4n) is 1.79. The fourth-order valence-corrected chi connectivity index (χ4v) is 2.69. The molecule has 25 heavy (non-hydrogen) atoms. The summed E-state index contributed by atoms with van der Waals surface area (Å²) >= 11 is 5.84. The van der Waals surface area contributed by atoms with E-state index < -0.39 is 51.4 Å². The van der Waals surface area contributed by atoms with Gasteiger partial charge in [-0.3, -0.25) is 4.79 Å². The zero-order valence-electron chi connectivity index (χ0n) is 12.0. The van der Waals surface area contributed by atoms with E-state index in [9.17, 15) is 32.3 Å². The van der Waals surface area contributed by atoms with Crippen molar-refractivity contribution in [3.05, 3.63) is 58.1 Å². The topological polar surface area (TPSA) is 69.2 Å². The Morgan fingerprint density at radius 2 is 1.52 bits per heavy atom. The van der Waals surface area contributed by atoms with Gasteiger partial charge in [-0.05, 0) is 24.3 Å². The first-order chi connectivity index (χ1) is 11.7. The van der Waals surface area contributed by atoms with Gasteiger partial charge >= 0.3 is 0 Å². The summed E-state index contributed by atoms with van der Waals surface area (Å²) in [4.78, 5) is 21.1. The van der Waals surface area contributed by atoms with Crippen LogP contribution >= 0.6 is 23.4 Å². The van der Waals surface area contributed by atoms with Gasteiger partial charge in [-0.15, -0.1) is 11.8 Å². The van der Waals surface area contributed by atoms with E-state index in [0.29, 0.717) is 10.7 Å². The lowest BCUT2D eigenvalue weighted by Gasteiger charge is -2.12. The minimum atomic E-state index is -2.40. The van der Waals surface area contributed by atoms with Gasteiger partial charge in [0.05, 0.1) is 22.2 Å². The number of benzene rings is 2. The number of rotatable bonds is 5. The number of hydrogen-bond acceptors (Lipinski definition) is 4. The Morgan fingerprint density at radius 3 is 2.00 bits per heavy atom. The molecule has 0 saturated heterocycles. The van der Waals surface area contributed by atoms with E-state index in [1.165, 1.54) is 24.3 Å². The molecule has 2 aromatic rings. The largest absolute Gasteiger partial charge is 0.545 e. The Balaban J connectivity index is 2.16. The number of carbonyl (C=O) groups excluding carboxylic acids is 2. The smallest absolute Gasteiger partial charge is 0.234 e. The van der Waals surface area contributed by atoms with E-state index in [0.717, 1.165) is 0 Å². The molecule has 0 aliphatic carbocycles. The number of hydrogen-bond donors (Lipinski definition) is 1. The standard InChI is InChI=1S/C15H8ClF4NO3S/c16-6-1-3-7(4-2-6)21-8(22)5-25-14-12(19)10(17)9(15(23)24)11(18)13(14)20/h1-4H,5H2,(H,21,22)(H,23,24)/p-1. The molecule has 0 saturated carbocycles. The number of amides is 1. The van der Waals surface area contributed by atoms with Gasteiger partial charge in [-0.25, -0.2) is 17.6 Å². The predicted molar refractivity (Wildman–Crippen MR) is 81.4 cm³/mol. The highest BCUT2D eigenvalue weighted by Gasteiger charge is 2.26. The van der Waals surface area contributed by atoms with Crippen LogP contribution in [0.25, 0.3) is 0 Å². The van der Waals surface area contributed by atoms with E-state index in [4.69, 9.17) is 11.6 Å². The van der Waals surface area contributed by atoms with Gasteiger partial charge < -0.3 is 15.2 Å². The summed E-state index contributed by atoms with van der Waals surface area (Å²) in [6.07, 6.45) is 0. The summed E-state index contributed by atoms with van der Waals surface area (Å²) < 4.78 is 54.6. The molecule has 0 aromatic heterocycles. The van der Waals surface area contributed by atoms with Crippen molar-refractivity contribution in [2.24, 2.45) is 0 Å². The molecule has 132 valence electrons. The van der Waals surface area contributed by atoms with Gasteiger partial charge in [-0.2, -0.15) is 0 Å². The molecule has 0 aliphatic rings. The van der Waals surface area contributed by atoms with Gasteiger partial charge in [0.1, 0.15) is 0 Å². The lowest BCUT2D eigenvalue weighted by atomic mass is 10.2. The second-order valence-corrected chi connectivity index (χ2v) is 6.01. The summed E-state index contributed by atoms with van der Waals surface area (Å²) in [5.74, 6) is -11.7. The third-order valence-electron chi connectivity index (χ3n) is 2.90. The highest BCUT2D eigenvalue weighted by atomic mass is 35.5. The van der Waals surface area contributed by atoms with Crippen LogP contribution in [0.5, 0.6) is 0 Å². The fraction of sp³-hybridized carbons (Fsp3) is 0.0667. The van der Waals surface area contributed by atoms with Crippen molar-refractivity contribution in [1.29, 1.82) is 0 Å². The summed E-state index contributed by atoms with van der Waals surface area (Å²) in [7, 11) is 0. The average molecular weight is 393 g/mol. The minimum Gasteiger partial charge on any atom is -0.545 e. The molecule has 0 atom stereocenters. The molecule has 0 fully saturated rings. The number of carboxylic acid groups (broad SMARTS) is 1. The Kier molecular flexibility index (Phi) is 5.91. The lowest BCUT2D eigenvalue weighted by molar-refractivity contribution is -0.255. The number of carboxylic acids is 1. The molecular weight excluding hydrogens is 386 g/mol. The second-order valence-electron chi connectivity index (χ2n) is 4.59. The number of carbonyl (C=O) groups is 2. The van der Waals surface area contributed by atoms with Crippen molar-refractivity contribution in [2.75, 3.05) is 11.1 Å². The van der Waals surface area contributed by atoms with Crippen LogP contribution in [0.15, 0.2) is 29.2 Å². The summed E-state index contributed by atoms with van der Waals surface area (Å²) in [5, 5.41) is 13.4. The van der Waals surface area contributed by atoms with Gasteiger partial charge in [0.2, 0.25) is 5.91 Å². The van der Waals surface area contributed by atoms with Crippen LogP contribution in [0.4, 0.5) is 23.2 Å². The van der Waals surface area contributed by atoms with Gasteiger partial charge in [-0.1, -0.05) is 11.6 Å². The number of anilines is 1. The predicted octanol–water partition coefficient (Wildman–Crippen LogP) is 2.99. The van der Waals surface area contributed by atoms with Crippen molar-refractivity contribution < 1.29 is 32.3 Å². The first-order valence-corrected chi connectivity index (χ1v) is 7.84. The molecule has 0 aliphatic heterocycles. The third kappa shape index (κ3) is 4.23. The van der Waals surface area contributed by atoms with E-state index >= 15 is 0 Å². The molecule has 0 radical (unpaired) electrons. The number of nitrogens with one attached hydrogen (secondary N) is 1. The molecule has 4 nitrogen and oxygen atoms in total. The van der Waals surface area contributed by atoms with Crippen LogP contribution in [0.1, 0.15) is 10.4 Å². The molecule has 0 unspecified atom stereocenters. The molecule has 1 amide bonds. The highest BCUT2D eigenvalue weighted by Crippen LogP contribution is 2.31. The second kappa shape index (κ2) is 7.75. The van der Waals surface area contributed by atoms with Crippen LogP contribution < -0.4 is 10.4 Å². The van der Waals surface area contributed by atoms with E-state index in [2.05, 4.69) is 5.32 Å². The van der Waals surface area contributed by atoms with E-state index in [1.54, 1.807) is 0 Å². The normalized spacial score (nSPS) is 10.6. The maximum absolute atomic E-state index is 13.7. The van der Waals surface area contributed by atoms with Crippen LogP contribution in [-0.4, -0.2) is 17.6 Å². The van der Waals surface area contributed by atoms with Gasteiger partial charge in [0.15, 0.2) is 23.3 Å². The molecular formula is C15H7ClF4NO3S-. The number of thioether (sulfide) groups is 1. The summed E-state index contributed by atoms with van der Waals surface area (Å²) in [6.45, 7) is 0. The minimum absolute atomic E-state index is 0.171. The van der Waals surface area contributed by atoms with Gasteiger partial charge in [0.25, 0.3) is 0 Å². The van der Waals surface area contributed by atoms with E-state index in [-0.39, 0.29) is 11.8 Å². The Hall–Kier alpha value is -2.26. The maximum atomic E-state index is 13.7. The molecule has 2 aromatic carbocycles. The number of halogens is 5. The van der Waals surface area contributed by atoms with Crippen molar-refractivity contribution >= 4 is 40.9 Å². The van der Waals surface area contributed by atoms with Crippen LogP contribution in [-0.2, 0) is 4.79 Å². The Labute approximate surface area is 147 Å². The monoisotopic (exact) mass is 392 g/mol. The van der Waals surface area contributed by atoms with Crippen LogP contribution in [0.2, 0.25) is 5.02 Å². The van der Waals surface area contributed by atoms with Crippen molar-refractivity contribution in [2.45, 2.75) is 4.90 Å². The van der Waals surface area contributed by atoms with E-state index in [1.807, 2.05) is 0 Å². The lowest BCUT2D eigenvalue weighted by Crippen LogP contribution is -2.26.